The molecule has 1 fully saturated rings. The number of nitrogens with two attached hydrogens (primary N) is 1. The van der Waals surface area contributed by atoms with E-state index in [1.165, 1.54) is 23.4 Å². The van der Waals surface area contributed by atoms with Crippen LogP contribution >= 0.6 is 11.8 Å². The number of aryl methyl sites for hydroxylation is 1. The van der Waals surface area contributed by atoms with Gasteiger partial charge in [0, 0.05) is 11.4 Å². The number of guanidine groups is 1. The van der Waals surface area contributed by atoms with Gasteiger partial charge in [-0.05, 0) is 31.2 Å². The van der Waals surface area contributed by atoms with E-state index in [1.54, 1.807) is 0 Å². The minimum absolute atomic E-state index is 0.143. The van der Waals surface area contributed by atoms with Crippen molar-refractivity contribution in [3.63, 3.8) is 0 Å². The Labute approximate surface area is 106 Å². The maximum atomic E-state index is 6.07. The van der Waals surface area contributed by atoms with Crippen LogP contribution in [0.1, 0.15) is 12.0 Å². The van der Waals surface area contributed by atoms with Crippen LogP contribution in [0.2, 0.25) is 0 Å². The van der Waals surface area contributed by atoms with Crippen LogP contribution in [0.15, 0.2) is 29.3 Å². The van der Waals surface area contributed by atoms with Gasteiger partial charge in [0.05, 0.1) is 12.1 Å². The topological polar surface area (TPSA) is 41.6 Å². The highest BCUT2D eigenvalue weighted by atomic mass is 32.2. The van der Waals surface area contributed by atoms with Gasteiger partial charge >= 0.3 is 0 Å². The van der Waals surface area contributed by atoms with Crippen LogP contribution in [0.3, 0.4) is 0 Å². The van der Waals surface area contributed by atoms with Crippen LogP contribution in [0, 0.1) is 6.92 Å². The standard InChI is InChI=1S/C13H17N3S/c1-10-2-4-11(5-3-10)16-12(14)15-8-13(16)6-7-17-9-13/h2-5H,6-9H2,1H3,(H2,14,15). The molecule has 0 bridgehead atoms. The third kappa shape index (κ3) is 1.71. The van der Waals surface area contributed by atoms with Crippen molar-refractivity contribution in [3.8, 4) is 0 Å². The van der Waals surface area contributed by atoms with Crippen molar-refractivity contribution in [1.82, 2.24) is 0 Å². The lowest BCUT2D eigenvalue weighted by atomic mass is 9.97. The number of nitrogens with zero attached hydrogens (tertiary/aromatic N) is 2. The van der Waals surface area contributed by atoms with Gasteiger partial charge in [-0.1, -0.05) is 17.7 Å². The molecule has 0 aliphatic carbocycles. The lowest BCUT2D eigenvalue weighted by Crippen LogP contribution is -2.52. The maximum Gasteiger partial charge on any atom is 0.196 e. The predicted octanol–water partition coefficient (Wildman–Crippen LogP) is 2.01. The summed E-state index contributed by atoms with van der Waals surface area (Å²) in [4.78, 5) is 6.70. The monoisotopic (exact) mass is 247 g/mol. The molecule has 1 spiro atoms. The first-order valence-corrected chi connectivity index (χ1v) is 7.11. The summed E-state index contributed by atoms with van der Waals surface area (Å²) in [5.74, 6) is 3.02. The number of hydrogen-bond acceptors (Lipinski definition) is 4. The van der Waals surface area contributed by atoms with Gasteiger partial charge < -0.3 is 10.6 Å². The van der Waals surface area contributed by atoms with E-state index >= 15 is 0 Å². The second-order valence-corrected chi connectivity index (χ2v) is 5.98. The van der Waals surface area contributed by atoms with Crippen molar-refractivity contribution < 1.29 is 0 Å². The molecule has 1 aromatic rings. The lowest BCUT2D eigenvalue weighted by Gasteiger charge is -2.35. The average Bonchev–Trinajstić information content (AvgIpc) is 2.91. The summed E-state index contributed by atoms with van der Waals surface area (Å²) in [5.41, 5.74) is 8.67. The third-order valence-electron chi connectivity index (χ3n) is 3.61. The van der Waals surface area contributed by atoms with Gasteiger partial charge in [-0.3, -0.25) is 4.99 Å². The summed E-state index contributed by atoms with van der Waals surface area (Å²) in [5, 5.41) is 0. The number of thioether (sulfide) groups is 1. The first-order valence-electron chi connectivity index (χ1n) is 5.96. The Hall–Kier alpha value is -1.16. The summed E-state index contributed by atoms with van der Waals surface area (Å²) in [6.07, 6.45) is 1.18. The van der Waals surface area contributed by atoms with E-state index in [-0.39, 0.29) is 5.54 Å². The first-order chi connectivity index (χ1) is 8.21. The highest BCUT2D eigenvalue weighted by molar-refractivity contribution is 7.99. The maximum absolute atomic E-state index is 6.07. The van der Waals surface area contributed by atoms with Crippen LogP contribution < -0.4 is 10.6 Å². The molecular weight excluding hydrogens is 230 g/mol. The molecule has 2 heterocycles. The van der Waals surface area contributed by atoms with E-state index < -0.39 is 0 Å². The summed E-state index contributed by atoms with van der Waals surface area (Å²) < 4.78 is 0. The van der Waals surface area contributed by atoms with Gasteiger partial charge in [-0.2, -0.15) is 11.8 Å². The van der Waals surface area contributed by atoms with E-state index in [0.717, 1.165) is 12.3 Å². The Morgan fingerprint density at radius 1 is 1.35 bits per heavy atom. The molecule has 1 saturated heterocycles. The predicted molar refractivity (Wildman–Crippen MR) is 74.8 cm³/mol. The highest BCUT2D eigenvalue weighted by Gasteiger charge is 2.45. The van der Waals surface area contributed by atoms with E-state index in [9.17, 15) is 0 Å². The molecule has 90 valence electrons. The van der Waals surface area contributed by atoms with E-state index in [0.29, 0.717) is 5.96 Å². The quantitative estimate of drug-likeness (QED) is 0.825. The molecule has 1 unspecified atom stereocenters. The summed E-state index contributed by atoms with van der Waals surface area (Å²) in [7, 11) is 0. The summed E-state index contributed by atoms with van der Waals surface area (Å²) in [6.45, 7) is 2.95. The van der Waals surface area contributed by atoms with Gasteiger partial charge in [0.1, 0.15) is 0 Å². The van der Waals surface area contributed by atoms with Crippen molar-refractivity contribution in [2.24, 2.45) is 10.7 Å². The number of rotatable bonds is 1. The Balaban J connectivity index is 1.98. The van der Waals surface area contributed by atoms with Crippen molar-refractivity contribution in [3.05, 3.63) is 29.8 Å². The molecular formula is C13H17N3S. The van der Waals surface area contributed by atoms with E-state index in [2.05, 4.69) is 41.1 Å². The van der Waals surface area contributed by atoms with Crippen LogP contribution in [-0.4, -0.2) is 29.5 Å². The third-order valence-corrected chi connectivity index (χ3v) is 4.85. The zero-order chi connectivity index (χ0) is 11.9. The van der Waals surface area contributed by atoms with E-state index in [1.807, 2.05) is 11.8 Å². The molecule has 3 nitrogen and oxygen atoms in total. The van der Waals surface area contributed by atoms with Crippen LogP contribution in [0.5, 0.6) is 0 Å². The number of benzene rings is 1. The van der Waals surface area contributed by atoms with Crippen LogP contribution in [-0.2, 0) is 0 Å². The number of anilines is 1. The summed E-state index contributed by atoms with van der Waals surface area (Å²) in [6, 6.07) is 8.56. The minimum Gasteiger partial charge on any atom is -0.369 e. The molecule has 0 saturated carbocycles. The molecule has 1 atom stereocenters. The first kappa shape index (κ1) is 11.0. The molecule has 0 radical (unpaired) electrons. The molecule has 2 aliphatic heterocycles. The van der Waals surface area contributed by atoms with Crippen molar-refractivity contribution in [1.29, 1.82) is 0 Å². The molecule has 0 amide bonds. The fraction of sp³-hybridized carbons (Fsp3) is 0.462. The lowest BCUT2D eigenvalue weighted by molar-refractivity contribution is 0.516. The Kier molecular flexibility index (Phi) is 2.54. The second kappa shape index (κ2) is 3.95. The zero-order valence-electron chi connectivity index (χ0n) is 10.0. The number of hydrogen-bond donors (Lipinski definition) is 1. The smallest absolute Gasteiger partial charge is 0.196 e. The Bertz CT molecular complexity index is 446. The van der Waals surface area contributed by atoms with Crippen molar-refractivity contribution in [2.75, 3.05) is 23.0 Å². The molecule has 1 aromatic carbocycles. The van der Waals surface area contributed by atoms with Crippen LogP contribution in [0.25, 0.3) is 0 Å². The molecule has 3 rings (SSSR count). The van der Waals surface area contributed by atoms with Gasteiger partial charge in [0.15, 0.2) is 5.96 Å². The fourth-order valence-corrected chi connectivity index (χ4v) is 4.02. The average molecular weight is 247 g/mol. The van der Waals surface area contributed by atoms with Gasteiger partial charge in [-0.15, -0.1) is 0 Å². The van der Waals surface area contributed by atoms with Crippen molar-refractivity contribution in [2.45, 2.75) is 18.9 Å². The zero-order valence-corrected chi connectivity index (χ0v) is 10.8. The Morgan fingerprint density at radius 3 is 2.76 bits per heavy atom. The van der Waals surface area contributed by atoms with Gasteiger partial charge in [0.25, 0.3) is 0 Å². The molecule has 17 heavy (non-hydrogen) atoms. The normalized spacial score (nSPS) is 27.8. The fourth-order valence-electron chi connectivity index (χ4n) is 2.61. The van der Waals surface area contributed by atoms with Crippen molar-refractivity contribution >= 4 is 23.4 Å². The van der Waals surface area contributed by atoms with E-state index in [4.69, 9.17) is 5.73 Å². The second-order valence-electron chi connectivity index (χ2n) is 4.87. The molecule has 4 heteroatoms. The van der Waals surface area contributed by atoms with Gasteiger partial charge in [-0.25, -0.2) is 0 Å². The Morgan fingerprint density at radius 2 is 2.12 bits per heavy atom. The van der Waals surface area contributed by atoms with Crippen LogP contribution in [0.4, 0.5) is 5.69 Å². The SMILES string of the molecule is Cc1ccc(N2C(N)=NCC23CCSC3)cc1. The molecule has 0 aromatic heterocycles. The highest BCUT2D eigenvalue weighted by Crippen LogP contribution is 2.39. The number of aliphatic imine (C=N–C) groups is 1. The summed E-state index contributed by atoms with van der Waals surface area (Å²) >= 11 is 2.00. The minimum atomic E-state index is 0.143. The van der Waals surface area contributed by atoms with Gasteiger partial charge in [0.2, 0.25) is 0 Å². The molecule has 2 N–H and O–H groups in total. The molecule has 2 aliphatic rings. The largest absolute Gasteiger partial charge is 0.369 e.